The summed E-state index contributed by atoms with van der Waals surface area (Å²) in [5.41, 5.74) is 1.47. The zero-order valence-electron chi connectivity index (χ0n) is 15.0. The number of amides is 1. The molecule has 1 saturated heterocycles. The lowest BCUT2D eigenvalue weighted by Gasteiger charge is -2.36. The summed E-state index contributed by atoms with van der Waals surface area (Å²) in [6.07, 6.45) is 0.128. The SMILES string of the molecule is Cc1nc(C(=O)N2CC[C@@H](c3ccc4ccccc4c3)[C@H](O)C2)c(C)o1. The maximum Gasteiger partial charge on any atom is 0.276 e. The fourth-order valence-corrected chi connectivity index (χ4v) is 3.82. The third kappa shape index (κ3) is 2.99. The van der Waals surface area contributed by atoms with E-state index in [1.165, 1.54) is 10.8 Å². The van der Waals surface area contributed by atoms with Crippen molar-refractivity contribution in [3.05, 3.63) is 65.4 Å². The highest BCUT2D eigenvalue weighted by Crippen LogP contribution is 2.31. The van der Waals surface area contributed by atoms with Crippen LogP contribution in [-0.4, -0.2) is 40.1 Å². The summed E-state index contributed by atoms with van der Waals surface area (Å²) in [6.45, 7) is 4.37. The van der Waals surface area contributed by atoms with E-state index < -0.39 is 6.10 Å². The number of aromatic nitrogens is 1. The van der Waals surface area contributed by atoms with Crippen LogP contribution in [0.15, 0.2) is 46.9 Å². The number of carbonyl (C=O) groups excluding carboxylic acids is 1. The summed E-state index contributed by atoms with van der Waals surface area (Å²) < 4.78 is 5.36. The van der Waals surface area contributed by atoms with Gasteiger partial charge in [0.05, 0.1) is 6.10 Å². The van der Waals surface area contributed by atoms with Gasteiger partial charge in [0, 0.05) is 25.9 Å². The molecule has 134 valence electrons. The topological polar surface area (TPSA) is 66.6 Å². The number of aliphatic hydroxyl groups excluding tert-OH is 1. The van der Waals surface area contributed by atoms with Gasteiger partial charge in [0.2, 0.25) is 0 Å². The molecule has 1 aliphatic heterocycles. The van der Waals surface area contributed by atoms with Gasteiger partial charge in [0.25, 0.3) is 5.91 Å². The Balaban J connectivity index is 1.52. The molecule has 5 heteroatoms. The third-order valence-electron chi connectivity index (χ3n) is 5.18. The lowest BCUT2D eigenvalue weighted by atomic mass is 9.86. The number of piperidine rings is 1. The Morgan fingerprint density at radius 1 is 1.19 bits per heavy atom. The first-order valence-electron chi connectivity index (χ1n) is 8.93. The van der Waals surface area contributed by atoms with Crippen molar-refractivity contribution in [1.29, 1.82) is 0 Å². The van der Waals surface area contributed by atoms with Gasteiger partial charge < -0.3 is 14.4 Å². The van der Waals surface area contributed by atoms with Crippen LogP contribution < -0.4 is 0 Å². The number of carbonyl (C=O) groups is 1. The second-order valence-electron chi connectivity index (χ2n) is 6.96. The molecule has 0 aliphatic carbocycles. The summed E-state index contributed by atoms with van der Waals surface area (Å²) in [6, 6.07) is 14.5. The van der Waals surface area contributed by atoms with Crippen LogP contribution in [0.2, 0.25) is 0 Å². The maximum absolute atomic E-state index is 12.7. The number of rotatable bonds is 2. The van der Waals surface area contributed by atoms with E-state index in [9.17, 15) is 9.90 Å². The third-order valence-corrected chi connectivity index (χ3v) is 5.18. The molecular weight excluding hydrogens is 328 g/mol. The molecule has 0 bridgehead atoms. The molecule has 0 radical (unpaired) electrons. The van der Waals surface area contributed by atoms with Crippen LogP contribution in [-0.2, 0) is 0 Å². The summed E-state index contributed by atoms with van der Waals surface area (Å²) in [7, 11) is 0. The first-order valence-corrected chi connectivity index (χ1v) is 8.93. The van der Waals surface area contributed by atoms with Crippen molar-refractivity contribution >= 4 is 16.7 Å². The predicted octanol–water partition coefficient (Wildman–Crippen LogP) is 3.44. The van der Waals surface area contributed by atoms with E-state index in [1.54, 1.807) is 18.7 Å². The van der Waals surface area contributed by atoms with Crippen molar-refractivity contribution in [2.45, 2.75) is 32.3 Å². The van der Waals surface area contributed by atoms with Crippen molar-refractivity contribution < 1.29 is 14.3 Å². The minimum atomic E-state index is -0.595. The van der Waals surface area contributed by atoms with E-state index in [4.69, 9.17) is 4.42 Å². The number of likely N-dealkylation sites (tertiary alicyclic amines) is 1. The number of hydrogen-bond acceptors (Lipinski definition) is 4. The summed E-state index contributed by atoms with van der Waals surface area (Å²) in [4.78, 5) is 18.5. The molecule has 4 rings (SSSR count). The minimum absolute atomic E-state index is 0.0313. The molecule has 1 aliphatic rings. The van der Waals surface area contributed by atoms with Crippen molar-refractivity contribution in [3.8, 4) is 0 Å². The second-order valence-corrected chi connectivity index (χ2v) is 6.96. The highest BCUT2D eigenvalue weighted by atomic mass is 16.4. The van der Waals surface area contributed by atoms with E-state index in [0.29, 0.717) is 30.4 Å². The Kier molecular flexibility index (Phi) is 4.24. The molecule has 1 aromatic heterocycles. The molecule has 5 nitrogen and oxygen atoms in total. The Hall–Kier alpha value is -2.66. The summed E-state index contributed by atoms with van der Waals surface area (Å²) in [5.74, 6) is 0.871. The Morgan fingerprint density at radius 3 is 2.65 bits per heavy atom. The van der Waals surface area contributed by atoms with Gasteiger partial charge in [-0.1, -0.05) is 42.5 Å². The van der Waals surface area contributed by atoms with Gasteiger partial charge in [-0.05, 0) is 29.7 Å². The van der Waals surface area contributed by atoms with Crippen LogP contribution >= 0.6 is 0 Å². The average Bonchev–Trinajstić information content (AvgIpc) is 2.98. The number of β-amino-alcohol motifs (C(OH)–C–C–N with tert-alkyl or cyclic N) is 1. The van der Waals surface area contributed by atoms with Crippen LogP contribution in [0.5, 0.6) is 0 Å². The van der Waals surface area contributed by atoms with Crippen LogP contribution in [0.4, 0.5) is 0 Å². The average molecular weight is 350 g/mol. The zero-order valence-corrected chi connectivity index (χ0v) is 15.0. The lowest BCUT2D eigenvalue weighted by Crippen LogP contribution is -2.46. The second kappa shape index (κ2) is 6.57. The molecule has 0 unspecified atom stereocenters. The minimum Gasteiger partial charge on any atom is -0.445 e. The van der Waals surface area contributed by atoms with Gasteiger partial charge in [0.1, 0.15) is 5.76 Å². The number of fused-ring (bicyclic) bond motifs is 1. The van der Waals surface area contributed by atoms with Crippen LogP contribution in [0.1, 0.15) is 40.0 Å². The standard InChI is InChI=1S/C21H22N2O3/c1-13-20(22-14(2)26-13)21(25)23-10-9-18(19(24)12-23)17-8-7-15-5-3-4-6-16(15)11-17/h3-8,11,18-19,24H,9-10,12H2,1-2H3/t18-,19+/m0/s1. The monoisotopic (exact) mass is 350 g/mol. The van der Waals surface area contributed by atoms with Crippen molar-refractivity contribution in [2.24, 2.45) is 0 Å². The number of benzene rings is 2. The largest absolute Gasteiger partial charge is 0.445 e. The fourth-order valence-electron chi connectivity index (χ4n) is 3.82. The summed E-state index contributed by atoms with van der Waals surface area (Å²) >= 11 is 0. The lowest BCUT2D eigenvalue weighted by molar-refractivity contribution is 0.0377. The normalized spacial score (nSPS) is 20.5. The number of oxazole rings is 1. The molecule has 26 heavy (non-hydrogen) atoms. The van der Waals surface area contributed by atoms with Crippen LogP contribution in [0, 0.1) is 13.8 Å². The number of aryl methyl sites for hydroxylation is 2. The van der Waals surface area contributed by atoms with Crippen LogP contribution in [0.25, 0.3) is 10.8 Å². The van der Waals surface area contributed by atoms with Gasteiger partial charge in [-0.15, -0.1) is 0 Å². The van der Waals surface area contributed by atoms with Gasteiger partial charge in [0.15, 0.2) is 11.6 Å². The van der Waals surface area contributed by atoms with Crippen molar-refractivity contribution in [3.63, 3.8) is 0 Å². The van der Waals surface area contributed by atoms with Gasteiger partial charge in [-0.3, -0.25) is 4.79 Å². The molecule has 3 aromatic rings. The molecule has 1 amide bonds. The molecule has 0 spiro atoms. The number of aliphatic hydroxyl groups is 1. The van der Waals surface area contributed by atoms with Crippen molar-refractivity contribution in [1.82, 2.24) is 9.88 Å². The number of hydrogen-bond donors (Lipinski definition) is 1. The van der Waals surface area contributed by atoms with Crippen LogP contribution in [0.3, 0.4) is 0 Å². The predicted molar refractivity (Wildman–Crippen MR) is 99.2 cm³/mol. The van der Waals surface area contributed by atoms with E-state index in [0.717, 1.165) is 12.0 Å². The van der Waals surface area contributed by atoms with Crippen molar-refractivity contribution in [2.75, 3.05) is 13.1 Å². The Labute approximate surface area is 152 Å². The summed E-state index contributed by atoms with van der Waals surface area (Å²) in [5, 5.41) is 13.1. The molecule has 1 N–H and O–H groups in total. The molecule has 1 fully saturated rings. The highest BCUT2D eigenvalue weighted by Gasteiger charge is 2.33. The number of nitrogens with zero attached hydrogens (tertiary/aromatic N) is 2. The van der Waals surface area contributed by atoms with E-state index >= 15 is 0 Å². The van der Waals surface area contributed by atoms with Gasteiger partial charge in [-0.2, -0.15) is 0 Å². The molecular formula is C21H22N2O3. The Morgan fingerprint density at radius 2 is 1.96 bits per heavy atom. The zero-order chi connectivity index (χ0) is 18.3. The fraction of sp³-hybridized carbons (Fsp3) is 0.333. The highest BCUT2D eigenvalue weighted by molar-refractivity contribution is 5.93. The van der Waals surface area contributed by atoms with E-state index in [1.807, 2.05) is 12.1 Å². The first kappa shape index (κ1) is 16.8. The Bertz CT molecular complexity index is 963. The quantitative estimate of drug-likeness (QED) is 0.769. The molecule has 2 aromatic carbocycles. The van der Waals surface area contributed by atoms with Gasteiger partial charge >= 0.3 is 0 Å². The first-order chi connectivity index (χ1) is 12.5. The molecule has 0 saturated carbocycles. The van der Waals surface area contributed by atoms with E-state index in [-0.39, 0.29) is 11.8 Å². The molecule has 2 atom stereocenters. The molecule has 2 heterocycles. The van der Waals surface area contributed by atoms with Gasteiger partial charge in [-0.25, -0.2) is 4.98 Å². The maximum atomic E-state index is 12.7. The smallest absolute Gasteiger partial charge is 0.276 e. The van der Waals surface area contributed by atoms with E-state index in [2.05, 4.69) is 35.3 Å².